The molecule has 1 aromatic rings. The maximum absolute atomic E-state index is 5.36. The molecule has 96 valence electrons. The van der Waals surface area contributed by atoms with Crippen LogP contribution in [0, 0.1) is 0 Å². The van der Waals surface area contributed by atoms with Crippen molar-refractivity contribution in [2.75, 3.05) is 33.3 Å². The Balaban J connectivity index is 2.98. The Hall–Kier alpha value is -0.940. The summed E-state index contributed by atoms with van der Waals surface area (Å²) in [6.45, 7) is 0.851. The molecule has 4 nitrogen and oxygen atoms in total. The van der Waals surface area contributed by atoms with Crippen LogP contribution >= 0.6 is 15.9 Å². The molecule has 0 atom stereocenters. The molecule has 0 aliphatic rings. The van der Waals surface area contributed by atoms with Gasteiger partial charge in [-0.25, -0.2) is 0 Å². The molecule has 0 spiro atoms. The zero-order chi connectivity index (χ0) is 12.7. The normalized spacial score (nSPS) is 10.1. The van der Waals surface area contributed by atoms with Gasteiger partial charge in [-0.2, -0.15) is 0 Å². The molecule has 1 rings (SSSR count). The third-order valence-electron chi connectivity index (χ3n) is 2.46. The minimum atomic E-state index is 0.732. The summed E-state index contributed by atoms with van der Waals surface area (Å²) in [6, 6.07) is 3.73. The van der Waals surface area contributed by atoms with Gasteiger partial charge in [-0.15, -0.1) is 0 Å². The zero-order valence-corrected chi connectivity index (χ0v) is 12.0. The van der Waals surface area contributed by atoms with Gasteiger partial charge in [0.2, 0.25) is 0 Å². The van der Waals surface area contributed by atoms with Crippen molar-refractivity contribution in [2.24, 2.45) is 0 Å². The Morgan fingerprint density at radius 1 is 1.06 bits per heavy atom. The van der Waals surface area contributed by atoms with Crippen molar-refractivity contribution in [2.45, 2.75) is 6.42 Å². The van der Waals surface area contributed by atoms with Crippen molar-refractivity contribution < 1.29 is 14.2 Å². The molecular weight excluding hydrogens is 286 g/mol. The van der Waals surface area contributed by atoms with E-state index in [-0.39, 0.29) is 0 Å². The number of hydrogen-bond donors (Lipinski definition) is 1. The monoisotopic (exact) mass is 303 g/mol. The first-order valence-electron chi connectivity index (χ1n) is 5.32. The largest absolute Gasteiger partial charge is 0.496 e. The number of nitrogens with one attached hydrogen (secondary N) is 1. The average Bonchev–Trinajstić information content (AvgIpc) is 2.38. The molecule has 0 unspecified atom stereocenters. The SMILES string of the molecule is COc1cc(OC)c(CCNCBr)c(OC)c1. The fourth-order valence-electron chi connectivity index (χ4n) is 1.60. The van der Waals surface area contributed by atoms with Gasteiger partial charge < -0.3 is 19.5 Å². The highest BCUT2D eigenvalue weighted by Gasteiger charge is 2.12. The van der Waals surface area contributed by atoms with Crippen LogP contribution in [0.1, 0.15) is 5.56 Å². The topological polar surface area (TPSA) is 39.7 Å². The number of hydrogen-bond acceptors (Lipinski definition) is 4. The second kappa shape index (κ2) is 7.40. The maximum atomic E-state index is 5.36. The Bertz CT molecular complexity index is 333. The summed E-state index contributed by atoms with van der Waals surface area (Å²) in [5, 5.41) is 3.20. The number of benzene rings is 1. The number of alkyl halides is 1. The van der Waals surface area contributed by atoms with Gasteiger partial charge in [0.25, 0.3) is 0 Å². The van der Waals surface area contributed by atoms with E-state index in [1.165, 1.54) is 0 Å². The first-order chi connectivity index (χ1) is 8.26. The van der Waals surface area contributed by atoms with Gasteiger partial charge in [0.1, 0.15) is 17.2 Å². The summed E-state index contributed by atoms with van der Waals surface area (Å²) in [4.78, 5) is 0. The van der Waals surface area contributed by atoms with Gasteiger partial charge in [0, 0.05) is 24.2 Å². The molecule has 17 heavy (non-hydrogen) atoms. The number of methoxy groups -OCH3 is 3. The van der Waals surface area contributed by atoms with E-state index in [0.717, 1.165) is 41.2 Å². The van der Waals surface area contributed by atoms with Crippen LogP contribution in [0.2, 0.25) is 0 Å². The molecule has 0 aliphatic carbocycles. The highest BCUT2D eigenvalue weighted by molar-refractivity contribution is 9.09. The van der Waals surface area contributed by atoms with E-state index in [0.29, 0.717) is 0 Å². The van der Waals surface area contributed by atoms with Crippen molar-refractivity contribution in [3.63, 3.8) is 0 Å². The highest BCUT2D eigenvalue weighted by atomic mass is 79.9. The van der Waals surface area contributed by atoms with E-state index in [1.807, 2.05) is 12.1 Å². The summed E-state index contributed by atoms with van der Waals surface area (Å²) in [7, 11) is 4.92. The molecule has 0 amide bonds. The lowest BCUT2D eigenvalue weighted by Gasteiger charge is -2.15. The van der Waals surface area contributed by atoms with Crippen molar-refractivity contribution >= 4 is 15.9 Å². The Kier molecular flexibility index (Phi) is 6.15. The number of ether oxygens (including phenoxy) is 3. The molecule has 0 bridgehead atoms. The van der Waals surface area contributed by atoms with Crippen LogP contribution in [-0.2, 0) is 6.42 Å². The van der Waals surface area contributed by atoms with Gasteiger partial charge in [0.15, 0.2) is 0 Å². The summed E-state index contributed by atoms with van der Waals surface area (Å²) >= 11 is 3.32. The van der Waals surface area contributed by atoms with Crippen molar-refractivity contribution in [3.8, 4) is 17.2 Å². The van der Waals surface area contributed by atoms with Crippen LogP contribution in [0.5, 0.6) is 17.2 Å². The Morgan fingerprint density at radius 2 is 1.65 bits per heavy atom. The summed E-state index contributed by atoms with van der Waals surface area (Å²) in [5.41, 5.74) is 1.82. The van der Waals surface area contributed by atoms with Gasteiger partial charge >= 0.3 is 0 Å². The second-order valence-corrected chi connectivity index (χ2v) is 3.95. The number of rotatable bonds is 7. The van der Waals surface area contributed by atoms with Crippen molar-refractivity contribution in [3.05, 3.63) is 17.7 Å². The van der Waals surface area contributed by atoms with Gasteiger partial charge in [0.05, 0.1) is 26.8 Å². The Morgan fingerprint density at radius 3 is 2.06 bits per heavy atom. The fourth-order valence-corrected chi connectivity index (χ4v) is 1.88. The van der Waals surface area contributed by atoms with Crippen molar-refractivity contribution in [1.82, 2.24) is 5.32 Å². The van der Waals surface area contributed by atoms with E-state index in [1.54, 1.807) is 21.3 Å². The quantitative estimate of drug-likeness (QED) is 0.476. The van der Waals surface area contributed by atoms with Crippen molar-refractivity contribution in [1.29, 1.82) is 0 Å². The molecule has 0 aliphatic heterocycles. The summed E-state index contributed by atoms with van der Waals surface area (Å²) in [6.07, 6.45) is 0.835. The first-order valence-corrected chi connectivity index (χ1v) is 6.44. The molecule has 1 N–H and O–H groups in total. The van der Waals surface area contributed by atoms with Crippen LogP contribution in [-0.4, -0.2) is 33.3 Å². The zero-order valence-electron chi connectivity index (χ0n) is 10.4. The molecule has 0 radical (unpaired) electrons. The van der Waals surface area contributed by atoms with Crippen LogP contribution in [0.3, 0.4) is 0 Å². The van der Waals surface area contributed by atoms with Crippen LogP contribution < -0.4 is 19.5 Å². The standard InChI is InChI=1S/C12H18BrNO3/c1-15-9-6-11(16-2)10(4-5-14-8-13)12(7-9)17-3/h6-7,14H,4-5,8H2,1-3H3. The predicted molar refractivity (Wildman–Crippen MR) is 71.6 cm³/mol. The Labute approximate surface area is 110 Å². The van der Waals surface area contributed by atoms with Gasteiger partial charge in [-0.3, -0.25) is 0 Å². The third kappa shape index (κ3) is 3.78. The lowest BCUT2D eigenvalue weighted by molar-refractivity contribution is 0.368. The minimum absolute atomic E-state index is 0.732. The lowest BCUT2D eigenvalue weighted by Crippen LogP contribution is -2.15. The summed E-state index contributed by atoms with van der Waals surface area (Å²) < 4.78 is 15.9. The first kappa shape index (κ1) is 14.1. The molecule has 0 fully saturated rings. The van der Waals surface area contributed by atoms with E-state index in [2.05, 4.69) is 21.2 Å². The van der Waals surface area contributed by atoms with Crippen LogP contribution in [0.25, 0.3) is 0 Å². The van der Waals surface area contributed by atoms with Gasteiger partial charge in [-0.1, -0.05) is 15.9 Å². The highest BCUT2D eigenvalue weighted by Crippen LogP contribution is 2.34. The second-order valence-electron chi connectivity index (χ2n) is 3.39. The fraction of sp³-hybridized carbons (Fsp3) is 0.500. The smallest absolute Gasteiger partial charge is 0.129 e. The number of halogens is 1. The molecule has 0 aromatic heterocycles. The lowest BCUT2D eigenvalue weighted by atomic mass is 10.1. The van der Waals surface area contributed by atoms with Crippen LogP contribution in [0.15, 0.2) is 12.1 Å². The molecule has 1 aromatic carbocycles. The van der Waals surface area contributed by atoms with E-state index >= 15 is 0 Å². The average molecular weight is 304 g/mol. The molecule has 5 heteroatoms. The predicted octanol–water partition coefficient (Wildman–Crippen LogP) is 2.20. The minimum Gasteiger partial charge on any atom is -0.496 e. The van der Waals surface area contributed by atoms with E-state index in [9.17, 15) is 0 Å². The van der Waals surface area contributed by atoms with E-state index in [4.69, 9.17) is 14.2 Å². The maximum Gasteiger partial charge on any atom is 0.129 e. The van der Waals surface area contributed by atoms with E-state index < -0.39 is 0 Å². The molecule has 0 saturated heterocycles. The third-order valence-corrected chi connectivity index (χ3v) is 2.86. The molecule has 0 heterocycles. The van der Waals surface area contributed by atoms with Gasteiger partial charge in [-0.05, 0) is 6.42 Å². The summed E-state index contributed by atoms with van der Waals surface area (Å²) in [5.74, 6) is 2.31. The van der Waals surface area contributed by atoms with Crippen LogP contribution in [0.4, 0.5) is 0 Å². The molecular formula is C12H18BrNO3. The molecule has 0 saturated carbocycles.